The molecule has 2 aliphatic heterocycles. The van der Waals surface area contributed by atoms with E-state index in [-0.39, 0.29) is 17.2 Å². The minimum Gasteiger partial charge on any atom is -0.381 e. The van der Waals surface area contributed by atoms with Gasteiger partial charge in [0.25, 0.3) is 0 Å². The van der Waals surface area contributed by atoms with E-state index < -0.39 is 0 Å². The van der Waals surface area contributed by atoms with Crippen LogP contribution >= 0.6 is 0 Å². The van der Waals surface area contributed by atoms with E-state index in [0.717, 1.165) is 90.3 Å². The van der Waals surface area contributed by atoms with Gasteiger partial charge in [0.15, 0.2) is 0 Å². The van der Waals surface area contributed by atoms with Crippen LogP contribution in [0.2, 0.25) is 0 Å². The first kappa shape index (κ1) is 27.5. The topological polar surface area (TPSA) is 49.9 Å². The van der Waals surface area contributed by atoms with Gasteiger partial charge in [-0.25, -0.2) is 0 Å². The van der Waals surface area contributed by atoms with Gasteiger partial charge in [-0.05, 0) is 81.0 Å². The Balaban J connectivity index is 1.26. The summed E-state index contributed by atoms with van der Waals surface area (Å²) >= 11 is 0. The first-order chi connectivity index (χ1) is 15.9. The van der Waals surface area contributed by atoms with Crippen LogP contribution in [-0.2, 0) is 14.3 Å². The van der Waals surface area contributed by atoms with Crippen molar-refractivity contribution in [3.05, 3.63) is 0 Å². The Morgan fingerprint density at radius 2 is 1.26 bits per heavy atom. The number of likely N-dealkylation sites (tertiary alicyclic amines) is 2. The standard InChI is InChI=1S/C29H52N2O3/c1-28(2,3)25-9-7-24(8-10-25)26(32)30-16-11-22(12-17-30)15-20-34-21-23-13-18-31(19-14-23)27(33)29(4,5)6/h22-25H,7-21H2,1-6H3. The van der Waals surface area contributed by atoms with Gasteiger partial charge < -0.3 is 14.5 Å². The maximum atomic E-state index is 13.0. The predicted molar refractivity (Wildman–Crippen MR) is 138 cm³/mol. The molecule has 1 saturated carbocycles. The van der Waals surface area contributed by atoms with Crippen molar-refractivity contribution in [1.82, 2.24) is 9.80 Å². The van der Waals surface area contributed by atoms with Gasteiger partial charge in [0.2, 0.25) is 11.8 Å². The lowest BCUT2D eigenvalue weighted by Gasteiger charge is -2.39. The third-order valence-corrected chi connectivity index (χ3v) is 8.79. The van der Waals surface area contributed by atoms with Crippen LogP contribution in [-0.4, -0.2) is 61.0 Å². The van der Waals surface area contributed by atoms with Crippen LogP contribution in [0.5, 0.6) is 0 Å². The van der Waals surface area contributed by atoms with Crippen LogP contribution in [0.25, 0.3) is 0 Å². The molecule has 0 radical (unpaired) electrons. The van der Waals surface area contributed by atoms with Crippen LogP contribution in [0.1, 0.15) is 99.3 Å². The normalized spacial score (nSPS) is 26.1. The van der Waals surface area contributed by atoms with E-state index in [1.54, 1.807) is 0 Å². The van der Waals surface area contributed by atoms with Gasteiger partial charge in [-0.3, -0.25) is 9.59 Å². The highest BCUT2D eigenvalue weighted by molar-refractivity contribution is 5.81. The van der Waals surface area contributed by atoms with Gasteiger partial charge >= 0.3 is 0 Å². The van der Waals surface area contributed by atoms with Crippen molar-refractivity contribution in [2.24, 2.45) is 34.5 Å². The van der Waals surface area contributed by atoms with Gasteiger partial charge in [-0.15, -0.1) is 0 Å². The second-order valence-corrected chi connectivity index (χ2v) is 13.5. The first-order valence-electron chi connectivity index (χ1n) is 14.1. The van der Waals surface area contributed by atoms with E-state index in [1.165, 1.54) is 12.8 Å². The molecule has 0 spiro atoms. The molecule has 2 amide bonds. The van der Waals surface area contributed by atoms with Gasteiger partial charge in [0.05, 0.1) is 0 Å². The summed E-state index contributed by atoms with van der Waals surface area (Å²) in [5, 5.41) is 0. The van der Waals surface area contributed by atoms with Crippen molar-refractivity contribution in [2.75, 3.05) is 39.4 Å². The summed E-state index contributed by atoms with van der Waals surface area (Å²) in [6.45, 7) is 18.3. The number of hydrogen-bond donors (Lipinski definition) is 0. The molecule has 5 nitrogen and oxygen atoms in total. The molecule has 34 heavy (non-hydrogen) atoms. The second-order valence-electron chi connectivity index (χ2n) is 13.5. The Labute approximate surface area is 209 Å². The molecule has 0 unspecified atom stereocenters. The highest BCUT2D eigenvalue weighted by atomic mass is 16.5. The maximum absolute atomic E-state index is 13.0. The van der Waals surface area contributed by atoms with Crippen LogP contribution in [0, 0.1) is 34.5 Å². The maximum Gasteiger partial charge on any atom is 0.227 e. The number of ether oxygens (including phenoxy) is 1. The lowest BCUT2D eigenvalue weighted by atomic mass is 9.69. The van der Waals surface area contributed by atoms with E-state index in [9.17, 15) is 9.59 Å². The molecule has 3 fully saturated rings. The number of nitrogens with zero attached hydrogens (tertiary/aromatic N) is 2. The summed E-state index contributed by atoms with van der Waals surface area (Å²) in [4.78, 5) is 29.7. The molecule has 2 saturated heterocycles. The molecule has 2 heterocycles. The van der Waals surface area contributed by atoms with Crippen molar-refractivity contribution in [3.63, 3.8) is 0 Å². The summed E-state index contributed by atoms with van der Waals surface area (Å²) in [6.07, 6.45) is 10.1. The fourth-order valence-corrected chi connectivity index (χ4v) is 6.18. The average molecular weight is 477 g/mol. The fourth-order valence-electron chi connectivity index (χ4n) is 6.18. The molecule has 0 bridgehead atoms. The molecule has 0 aromatic rings. The van der Waals surface area contributed by atoms with Crippen molar-refractivity contribution < 1.29 is 14.3 Å². The van der Waals surface area contributed by atoms with Crippen LogP contribution in [0.3, 0.4) is 0 Å². The van der Waals surface area contributed by atoms with Crippen LogP contribution in [0.4, 0.5) is 0 Å². The number of carbonyl (C=O) groups is 2. The lowest BCUT2D eigenvalue weighted by molar-refractivity contribution is -0.141. The Morgan fingerprint density at radius 3 is 1.79 bits per heavy atom. The van der Waals surface area contributed by atoms with Crippen molar-refractivity contribution in [2.45, 2.75) is 99.3 Å². The van der Waals surface area contributed by atoms with Crippen molar-refractivity contribution in [3.8, 4) is 0 Å². The molecule has 0 N–H and O–H groups in total. The average Bonchev–Trinajstić information content (AvgIpc) is 2.80. The number of amides is 2. The van der Waals surface area contributed by atoms with Crippen molar-refractivity contribution in [1.29, 1.82) is 0 Å². The Morgan fingerprint density at radius 1 is 0.735 bits per heavy atom. The van der Waals surface area contributed by atoms with E-state index in [0.29, 0.717) is 23.2 Å². The first-order valence-corrected chi connectivity index (χ1v) is 14.1. The Hall–Kier alpha value is -1.10. The summed E-state index contributed by atoms with van der Waals surface area (Å²) in [7, 11) is 0. The fraction of sp³-hybridized carbons (Fsp3) is 0.931. The molecule has 0 aromatic heterocycles. The smallest absolute Gasteiger partial charge is 0.227 e. The number of piperidine rings is 2. The largest absolute Gasteiger partial charge is 0.381 e. The quantitative estimate of drug-likeness (QED) is 0.457. The summed E-state index contributed by atoms with van der Waals surface area (Å²) < 4.78 is 6.06. The summed E-state index contributed by atoms with van der Waals surface area (Å²) in [6, 6.07) is 0. The highest BCUT2D eigenvalue weighted by Crippen LogP contribution is 2.40. The zero-order valence-electron chi connectivity index (χ0n) is 23.0. The van der Waals surface area contributed by atoms with Crippen LogP contribution < -0.4 is 0 Å². The minimum atomic E-state index is -0.282. The number of carbonyl (C=O) groups excluding carboxylic acids is 2. The molecule has 3 rings (SSSR count). The SMILES string of the molecule is CC(C)(C)C(=O)N1CCC(COCCC2CCN(C(=O)C3CCC(C(C)(C)C)CC3)CC2)CC1. The van der Waals surface area contributed by atoms with Crippen LogP contribution in [0.15, 0.2) is 0 Å². The van der Waals surface area contributed by atoms with E-state index in [1.807, 2.05) is 25.7 Å². The van der Waals surface area contributed by atoms with Crippen molar-refractivity contribution >= 4 is 11.8 Å². The Kier molecular flexibility index (Phi) is 9.50. The zero-order chi connectivity index (χ0) is 24.9. The highest BCUT2D eigenvalue weighted by Gasteiger charge is 2.35. The molecule has 3 aliphatic rings. The summed E-state index contributed by atoms with van der Waals surface area (Å²) in [5.74, 6) is 3.00. The van der Waals surface area contributed by atoms with Gasteiger partial charge in [0.1, 0.15) is 0 Å². The molecule has 196 valence electrons. The third kappa shape index (κ3) is 7.70. The third-order valence-electron chi connectivity index (χ3n) is 8.79. The molecule has 0 atom stereocenters. The number of hydrogen-bond acceptors (Lipinski definition) is 3. The Bertz CT molecular complexity index is 654. The molecule has 1 aliphatic carbocycles. The lowest BCUT2D eigenvalue weighted by Crippen LogP contribution is -2.44. The molecule has 5 heteroatoms. The van der Waals surface area contributed by atoms with E-state index in [2.05, 4.69) is 25.7 Å². The van der Waals surface area contributed by atoms with Gasteiger partial charge in [0, 0.05) is 50.7 Å². The minimum absolute atomic E-state index is 0.267. The van der Waals surface area contributed by atoms with E-state index in [4.69, 9.17) is 4.74 Å². The summed E-state index contributed by atoms with van der Waals surface area (Å²) in [5.41, 5.74) is 0.0896. The van der Waals surface area contributed by atoms with Gasteiger partial charge in [-0.2, -0.15) is 0 Å². The second kappa shape index (κ2) is 11.8. The molecular formula is C29H52N2O3. The zero-order valence-corrected chi connectivity index (χ0v) is 23.0. The number of rotatable bonds is 6. The molecule has 0 aromatic carbocycles. The van der Waals surface area contributed by atoms with E-state index >= 15 is 0 Å². The monoisotopic (exact) mass is 476 g/mol. The van der Waals surface area contributed by atoms with Gasteiger partial charge in [-0.1, -0.05) is 41.5 Å². The predicted octanol–water partition coefficient (Wildman–Crippen LogP) is 5.77. The molecular weight excluding hydrogens is 424 g/mol.